The first-order valence-electron chi connectivity index (χ1n) is 7.65. The minimum absolute atomic E-state index is 0.00626. The number of rotatable bonds is 6. The van der Waals surface area contributed by atoms with Crippen molar-refractivity contribution in [2.45, 2.75) is 52.8 Å². The van der Waals surface area contributed by atoms with Crippen molar-refractivity contribution < 1.29 is 4.74 Å². The van der Waals surface area contributed by atoms with E-state index in [1.165, 1.54) is 21.7 Å². The molecule has 0 aromatic carbocycles. The molecular weight excluding hydrogens is 268 g/mol. The van der Waals surface area contributed by atoms with Gasteiger partial charge in [0.1, 0.15) is 0 Å². The fraction of sp³-hybridized carbons (Fsp3) is 0.750. The molecule has 4 heteroatoms. The lowest BCUT2D eigenvalue weighted by molar-refractivity contribution is -0.0882. The Kier molecular flexibility index (Phi) is 5.61. The zero-order valence-electron chi connectivity index (χ0n) is 13.3. The van der Waals surface area contributed by atoms with Gasteiger partial charge in [0.2, 0.25) is 0 Å². The number of aryl methyl sites for hydroxylation is 1. The summed E-state index contributed by atoms with van der Waals surface area (Å²) < 4.78 is 5.79. The molecule has 2 heterocycles. The van der Waals surface area contributed by atoms with Crippen molar-refractivity contribution in [3.05, 3.63) is 21.4 Å². The van der Waals surface area contributed by atoms with Gasteiger partial charge in [-0.05, 0) is 45.4 Å². The normalized spacial score (nSPS) is 19.4. The first kappa shape index (κ1) is 16.0. The smallest absolute Gasteiger partial charge is 0.0753 e. The number of nitrogens with zero attached hydrogens (tertiary/aromatic N) is 1. The monoisotopic (exact) mass is 296 g/mol. The Balaban J connectivity index is 1.92. The molecule has 0 amide bonds. The van der Waals surface area contributed by atoms with Crippen LogP contribution in [-0.4, -0.2) is 36.7 Å². The second-order valence-electron chi connectivity index (χ2n) is 6.29. The molecular formula is C16H28N2OS. The van der Waals surface area contributed by atoms with Crippen molar-refractivity contribution in [1.82, 2.24) is 10.2 Å². The summed E-state index contributed by atoms with van der Waals surface area (Å²) in [4.78, 5) is 5.43. The van der Waals surface area contributed by atoms with Gasteiger partial charge in [0.05, 0.1) is 12.2 Å². The second-order valence-corrected chi connectivity index (χ2v) is 7.63. The molecule has 0 bridgehead atoms. The Morgan fingerprint density at radius 1 is 1.45 bits per heavy atom. The molecule has 1 aromatic rings. The van der Waals surface area contributed by atoms with Gasteiger partial charge in [-0.3, -0.25) is 4.90 Å². The van der Waals surface area contributed by atoms with Gasteiger partial charge in [-0.2, -0.15) is 0 Å². The fourth-order valence-corrected chi connectivity index (χ4v) is 3.73. The Labute approximate surface area is 127 Å². The molecule has 1 N–H and O–H groups in total. The Bertz CT molecular complexity index is 428. The average molecular weight is 296 g/mol. The Hall–Kier alpha value is -0.420. The lowest BCUT2D eigenvalue weighted by Crippen LogP contribution is -2.47. The van der Waals surface area contributed by atoms with Crippen LogP contribution in [-0.2, 0) is 17.8 Å². The highest BCUT2D eigenvalue weighted by molar-refractivity contribution is 7.12. The van der Waals surface area contributed by atoms with E-state index in [0.29, 0.717) is 0 Å². The van der Waals surface area contributed by atoms with Crippen LogP contribution in [0.4, 0.5) is 0 Å². The molecule has 3 nitrogen and oxygen atoms in total. The molecule has 0 atom stereocenters. The first-order valence-corrected chi connectivity index (χ1v) is 8.47. The molecule has 0 radical (unpaired) electrons. The SMILES string of the molecule is CCCNCc1cc(CN2CCOC(C)(C)C2)c(C)s1. The molecule has 0 spiro atoms. The maximum Gasteiger partial charge on any atom is 0.0753 e. The van der Waals surface area contributed by atoms with Crippen molar-refractivity contribution in [2.75, 3.05) is 26.2 Å². The van der Waals surface area contributed by atoms with Gasteiger partial charge in [0.15, 0.2) is 0 Å². The van der Waals surface area contributed by atoms with Crippen molar-refractivity contribution in [1.29, 1.82) is 0 Å². The van der Waals surface area contributed by atoms with E-state index in [4.69, 9.17) is 4.74 Å². The summed E-state index contributed by atoms with van der Waals surface area (Å²) in [6.07, 6.45) is 1.19. The van der Waals surface area contributed by atoms with Gasteiger partial charge < -0.3 is 10.1 Å². The van der Waals surface area contributed by atoms with E-state index < -0.39 is 0 Å². The maximum absolute atomic E-state index is 5.79. The minimum Gasteiger partial charge on any atom is -0.373 e. The minimum atomic E-state index is -0.00626. The molecule has 0 unspecified atom stereocenters. The van der Waals surface area contributed by atoms with Crippen LogP contribution in [0.15, 0.2) is 6.07 Å². The standard InChI is InChI=1S/C16H28N2OS/c1-5-6-17-10-15-9-14(13(2)20-15)11-18-7-8-19-16(3,4)12-18/h9,17H,5-8,10-12H2,1-4H3. The lowest BCUT2D eigenvalue weighted by atomic mass is 10.1. The predicted molar refractivity (Wildman–Crippen MR) is 86.4 cm³/mol. The molecule has 1 aliphatic rings. The second kappa shape index (κ2) is 7.03. The van der Waals surface area contributed by atoms with Crippen LogP contribution in [0.25, 0.3) is 0 Å². The highest BCUT2D eigenvalue weighted by Crippen LogP contribution is 2.25. The summed E-state index contributed by atoms with van der Waals surface area (Å²) in [5.41, 5.74) is 1.48. The van der Waals surface area contributed by atoms with Crippen molar-refractivity contribution in [3.63, 3.8) is 0 Å². The average Bonchev–Trinajstić information content (AvgIpc) is 2.69. The van der Waals surface area contributed by atoms with Crippen LogP contribution in [0.1, 0.15) is 42.5 Å². The summed E-state index contributed by atoms with van der Waals surface area (Å²) in [7, 11) is 0. The zero-order valence-corrected chi connectivity index (χ0v) is 14.1. The summed E-state index contributed by atoms with van der Waals surface area (Å²) in [6, 6.07) is 2.38. The van der Waals surface area contributed by atoms with Crippen LogP contribution in [0.3, 0.4) is 0 Å². The molecule has 1 aromatic heterocycles. The molecule has 0 aliphatic carbocycles. The van der Waals surface area contributed by atoms with Crippen LogP contribution >= 0.6 is 11.3 Å². The predicted octanol–water partition coefficient (Wildman–Crippen LogP) is 3.17. The summed E-state index contributed by atoms with van der Waals surface area (Å²) in [6.45, 7) is 14.9. The number of hydrogen-bond donors (Lipinski definition) is 1. The molecule has 20 heavy (non-hydrogen) atoms. The Morgan fingerprint density at radius 2 is 2.25 bits per heavy atom. The van der Waals surface area contributed by atoms with E-state index >= 15 is 0 Å². The van der Waals surface area contributed by atoms with Gasteiger partial charge in [0, 0.05) is 35.9 Å². The van der Waals surface area contributed by atoms with Crippen LogP contribution < -0.4 is 5.32 Å². The first-order chi connectivity index (χ1) is 9.50. The third kappa shape index (κ3) is 4.55. The van der Waals surface area contributed by atoms with Gasteiger partial charge in [-0.15, -0.1) is 11.3 Å². The topological polar surface area (TPSA) is 24.5 Å². The van der Waals surface area contributed by atoms with Gasteiger partial charge in [-0.1, -0.05) is 6.92 Å². The van der Waals surface area contributed by atoms with Crippen LogP contribution in [0.2, 0.25) is 0 Å². The number of hydrogen-bond acceptors (Lipinski definition) is 4. The third-order valence-electron chi connectivity index (χ3n) is 3.70. The van der Waals surface area contributed by atoms with Crippen LogP contribution in [0, 0.1) is 6.92 Å². The molecule has 0 saturated carbocycles. The van der Waals surface area contributed by atoms with Crippen LogP contribution in [0.5, 0.6) is 0 Å². The van der Waals surface area contributed by atoms with E-state index in [2.05, 4.69) is 44.0 Å². The highest BCUT2D eigenvalue weighted by Gasteiger charge is 2.27. The molecule has 1 fully saturated rings. The van der Waals surface area contributed by atoms with E-state index in [-0.39, 0.29) is 5.60 Å². The number of thiophene rings is 1. The molecule has 2 rings (SSSR count). The molecule has 1 aliphatic heterocycles. The number of nitrogens with one attached hydrogen (secondary N) is 1. The maximum atomic E-state index is 5.79. The Morgan fingerprint density at radius 3 is 2.95 bits per heavy atom. The largest absolute Gasteiger partial charge is 0.373 e. The van der Waals surface area contributed by atoms with Crippen molar-refractivity contribution >= 4 is 11.3 Å². The van der Waals surface area contributed by atoms with Crippen molar-refractivity contribution in [3.8, 4) is 0 Å². The van der Waals surface area contributed by atoms with Gasteiger partial charge in [-0.25, -0.2) is 0 Å². The lowest BCUT2D eigenvalue weighted by Gasteiger charge is -2.38. The van der Waals surface area contributed by atoms with E-state index in [0.717, 1.165) is 39.3 Å². The quantitative estimate of drug-likeness (QED) is 0.816. The van der Waals surface area contributed by atoms with E-state index in [1.807, 2.05) is 11.3 Å². The fourth-order valence-electron chi connectivity index (χ4n) is 2.71. The third-order valence-corrected chi connectivity index (χ3v) is 4.79. The highest BCUT2D eigenvalue weighted by atomic mass is 32.1. The number of ether oxygens (including phenoxy) is 1. The molecule has 114 valence electrons. The summed E-state index contributed by atoms with van der Waals surface area (Å²) in [5, 5.41) is 3.49. The van der Waals surface area contributed by atoms with E-state index in [9.17, 15) is 0 Å². The van der Waals surface area contributed by atoms with Crippen molar-refractivity contribution in [2.24, 2.45) is 0 Å². The van der Waals surface area contributed by atoms with E-state index in [1.54, 1.807) is 0 Å². The van der Waals surface area contributed by atoms with Gasteiger partial charge in [0.25, 0.3) is 0 Å². The number of morpholine rings is 1. The summed E-state index contributed by atoms with van der Waals surface area (Å²) in [5.74, 6) is 0. The molecule has 1 saturated heterocycles. The summed E-state index contributed by atoms with van der Waals surface area (Å²) >= 11 is 1.93. The van der Waals surface area contributed by atoms with Gasteiger partial charge >= 0.3 is 0 Å². The zero-order chi connectivity index (χ0) is 14.6.